The van der Waals surface area contributed by atoms with E-state index in [4.69, 9.17) is 28.0 Å². The molecule has 0 radical (unpaired) electrons. The number of rotatable bonds is 22. The summed E-state index contributed by atoms with van der Waals surface area (Å²) in [7, 11) is 1.05. The number of carbonyl (C=O) groups excluding carboxylic acids is 3. The Hall–Kier alpha value is -1.68. The zero-order chi connectivity index (χ0) is 34.5. The fraction of sp³-hybridized carbons (Fsp3) is 0.893. The molecule has 1 rings (SSSR count). The number of ether oxygens (including phenoxy) is 4. The van der Waals surface area contributed by atoms with Crippen molar-refractivity contribution < 1.29 is 56.3 Å². The van der Waals surface area contributed by atoms with Gasteiger partial charge in [-0.2, -0.15) is 5.11 Å². The largest absolute Gasteiger partial charge is 0.756 e. The molecule has 0 aromatic carbocycles. The zero-order valence-corrected chi connectivity index (χ0v) is 30.6. The molecule has 0 N–H and O–H groups in total. The molecule has 0 saturated carbocycles. The maximum atomic E-state index is 13.5. The molecule has 4 unspecified atom stereocenters. The molecule has 0 bridgehead atoms. The van der Waals surface area contributed by atoms with Crippen LogP contribution >= 0.6 is 23.8 Å². The predicted molar refractivity (Wildman–Crippen MR) is 166 cm³/mol. The van der Waals surface area contributed by atoms with E-state index in [-0.39, 0.29) is 38.7 Å². The fourth-order valence-corrected chi connectivity index (χ4v) is 6.04. The molecule has 17 heteroatoms. The zero-order valence-electron chi connectivity index (χ0n) is 28.2. The predicted octanol–water partition coefficient (Wildman–Crippen LogP) is 2.90. The van der Waals surface area contributed by atoms with Gasteiger partial charge in [0.15, 0.2) is 0 Å². The minimum absolute atomic E-state index is 0.0203. The smallest absolute Gasteiger partial charge is 0.322 e. The first-order chi connectivity index (χ1) is 20.7. The monoisotopic (exact) mass is 730 g/mol. The van der Waals surface area contributed by atoms with Gasteiger partial charge in [-0.25, -0.2) is 0 Å². The number of alkyl halides is 1. The second-order valence-corrected chi connectivity index (χ2v) is 16.2. The first kappa shape index (κ1) is 41.3. The van der Waals surface area contributed by atoms with E-state index >= 15 is 0 Å². The third-order valence-electron chi connectivity index (χ3n) is 6.75. The van der Waals surface area contributed by atoms with Crippen molar-refractivity contribution in [3.63, 3.8) is 0 Å². The minimum Gasteiger partial charge on any atom is -0.756 e. The number of phosphoric acid groups is 1. The van der Waals surface area contributed by atoms with Crippen LogP contribution in [-0.2, 0) is 46.9 Å². The van der Waals surface area contributed by atoms with Crippen LogP contribution in [0.15, 0.2) is 10.3 Å². The van der Waals surface area contributed by atoms with E-state index in [1.165, 1.54) is 0 Å². The lowest BCUT2D eigenvalue weighted by Crippen LogP contribution is -2.45. The maximum Gasteiger partial charge on any atom is 0.322 e. The molecule has 1 heterocycles. The number of halogens is 1. The number of quaternary nitrogens is 1. The third-order valence-corrected chi connectivity index (χ3v) is 8.35. The van der Waals surface area contributed by atoms with Gasteiger partial charge in [-0.05, 0) is 54.4 Å². The number of hydrogen-bond acceptors (Lipinski definition) is 14. The maximum absolute atomic E-state index is 13.5. The van der Waals surface area contributed by atoms with Gasteiger partial charge in [0, 0.05) is 6.61 Å². The summed E-state index contributed by atoms with van der Waals surface area (Å²) in [6.45, 7) is 11.7. The van der Waals surface area contributed by atoms with Gasteiger partial charge in [-0.1, -0.05) is 21.2 Å². The lowest BCUT2D eigenvalue weighted by molar-refractivity contribution is -0.870. The molecule has 0 spiro atoms. The molecule has 0 aromatic rings. The van der Waals surface area contributed by atoms with Crippen LogP contribution in [0.1, 0.15) is 54.4 Å². The van der Waals surface area contributed by atoms with Crippen LogP contribution in [0.2, 0.25) is 0 Å². The Labute approximate surface area is 275 Å². The summed E-state index contributed by atoms with van der Waals surface area (Å²) in [5, 5.41) is 9.95. The molecule has 45 heavy (non-hydrogen) atoms. The topological polar surface area (TPSA) is 175 Å². The van der Waals surface area contributed by atoms with Gasteiger partial charge < -0.3 is 37.4 Å². The van der Waals surface area contributed by atoms with Crippen LogP contribution in [0.5, 0.6) is 0 Å². The molecule has 15 nitrogen and oxygen atoms in total. The van der Waals surface area contributed by atoms with E-state index in [0.29, 0.717) is 37.3 Å². The Morgan fingerprint density at radius 1 is 0.911 bits per heavy atom. The van der Waals surface area contributed by atoms with Crippen LogP contribution < -0.4 is 4.89 Å². The Morgan fingerprint density at radius 3 is 2.16 bits per heavy atom. The van der Waals surface area contributed by atoms with E-state index < -0.39 is 54.1 Å². The molecule has 1 aliphatic heterocycles. The molecule has 0 aliphatic carbocycles. The lowest BCUT2D eigenvalue weighted by atomic mass is 9.69. The van der Waals surface area contributed by atoms with Crippen LogP contribution in [-0.4, -0.2) is 125 Å². The number of carbonyl (C=O) groups is 3. The van der Waals surface area contributed by atoms with Crippen molar-refractivity contribution in [2.24, 2.45) is 21.2 Å². The molecule has 1 aliphatic rings. The molecule has 0 amide bonds. The van der Waals surface area contributed by atoms with Crippen LogP contribution in [0.3, 0.4) is 0 Å². The highest BCUT2D eigenvalue weighted by Crippen LogP contribution is 2.44. The third kappa shape index (κ3) is 15.6. The Kier molecular flexibility index (Phi) is 16.6. The number of nitrogens with zero attached hydrogens (tertiary/aromatic N) is 4. The second-order valence-electron chi connectivity index (χ2n) is 13.0. The molecular weight excluding hydrogens is 679 g/mol. The van der Waals surface area contributed by atoms with E-state index in [2.05, 4.69) is 26.3 Å². The molecular formula is C28H52BrN4O11P. The number of likely N-dealkylation sites (N-methyl/N-ethyl adjacent to an activating group) is 1. The highest BCUT2D eigenvalue weighted by molar-refractivity contribution is 9.10. The normalized spacial score (nSPS) is 19.4. The van der Waals surface area contributed by atoms with Crippen molar-refractivity contribution in [2.45, 2.75) is 64.8 Å². The van der Waals surface area contributed by atoms with Crippen molar-refractivity contribution in [3.05, 3.63) is 0 Å². The van der Waals surface area contributed by atoms with Gasteiger partial charge in [0.1, 0.15) is 36.7 Å². The summed E-state index contributed by atoms with van der Waals surface area (Å²) < 4.78 is 42.4. The van der Waals surface area contributed by atoms with E-state index in [0.717, 1.165) is 0 Å². The van der Waals surface area contributed by atoms with Crippen molar-refractivity contribution >= 4 is 41.7 Å². The molecule has 262 valence electrons. The Balaban J connectivity index is 2.89. The molecule has 4 atom stereocenters. The van der Waals surface area contributed by atoms with Crippen LogP contribution in [0, 0.1) is 10.8 Å². The highest BCUT2D eigenvalue weighted by Gasteiger charge is 2.50. The van der Waals surface area contributed by atoms with Crippen molar-refractivity contribution in [3.8, 4) is 0 Å². The van der Waals surface area contributed by atoms with E-state index in [9.17, 15) is 23.8 Å². The quantitative estimate of drug-likeness (QED) is 0.0399. The van der Waals surface area contributed by atoms with Gasteiger partial charge in [0.05, 0.1) is 64.9 Å². The SMILES string of the molecule is CCOCCN1CC(COC(=O)C(C)(Br)CC(C)(CC(C)(C)C(=O)OCC)C(=O)OCCOP(=O)([O-])OCC[N+](C)(C)C)N=N1. The molecule has 0 saturated heterocycles. The number of hydrogen-bond donors (Lipinski definition) is 0. The summed E-state index contributed by atoms with van der Waals surface area (Å²) in [6.07, 6.45) is -0.172. The molecule has 0 aromatic heterocycles. The second kappa shape index (κ2) is 18.0. The summed E-state index contributed by atoms with van der Waals surface area (Å²) in [4.78, 5) is 51.5. The lowest BCUT2D eigenvalue weighted by Gasteiger charge is -2.38. The van der Waals surface area contributed by atoms with Gasteiger partial charge in [-0.3, -0.25) is 24.0 Å². The van der Waals surface area contributed by atoms with Gasteiger partial charge >= 0.3 is 17.9 Å². The average molecular weight is 732 g/mol. The molecule has 0 fully saturated rings. The fourth-order valence-electron chi connectivity index (χ4n) is 4.63. The first-order valence-electron chi connectivity index (χ1n) is 15.0. The summed E-state index contributed by atoms with van der Waals surface area (Å²) in [5.41, 5.74) is -2.55. The first-order valence-corrected chi connectivity index (χ1v) is 17.3. The summed E-state index contributed by atoms with van der Waals surface area (Å²) in [6, 6.07) is -0.355. The average Bonchev–Trinajstić information content (AvgIpc) is 3.36. The van der Waals surface area contributed by atoms with Gasteiger partial charge in [0.2, 0.25) is 0 Å². The number of phosphoric ester groups is 1. The van der Waals surface area contributed by atoms with Gasteiger partial charge in [-0.15, -0.1) is 0 Å². The van der Waals surface area contributed by atoms with Crippen molar-refractivity contribution in [1.29, 1.82) is 0 Å². The van der Waals surface area contributed by atoms with Crippen molar-refractivity contribution in [2.75, 3.05) is 87.0 Å². The highest BCUT2D eigenvalue weighted by atomic mass is 79.9. The standard InChI is InChI=1S/C28H52BrN4O11P/c1-10-39-14-12-32-18-22(30-31-32)19-42-25(36)28(6,29)21-27(5,20-26(3,4)23(34)40-11-2)24(35)41-16-17-44-45(37,38)43-15-13-33(7,8)9/h22H,10-21H2,1-9H3. The number of esters is 3. The minimum atomic E-state index is -4.61. The van der Waals surface area contributed by atoms with Gasteiger partial charge in [0.25, 0.3) is 7.82 Å². The van der Waals surface area contributed by atoms with Crippen LogP contribution in [0.25, 0.3) is 0 Å². The summed E-state index contributed by atoms with van der Waals surface area (Å²) in [5.74, 6) is -1.92. The van der Waals surface area contributed by atoms with Crippen molar-refractivity contribution in [1.82, 2.24) is 5.01 Å². The van der Waals surface area contributed by atoms with Crippen LogP contribution in [0.4, 0.5) is 0 Å². The van der Waals surface area contributed by atoms with E-state index in [1.807, 2.05) is 28.1 Å². The summed E-state index contributed by atoms with van der Waals surface area (Å²) >= 11 is 3.44. The Morgan fingerprint density at radius 2 is 1.56 bits per heavy atom. The van der Waals surface area contributed by atoms with E-state index in [1.54, 1.807) is 39.6 Å². The Bertz CT molecular complexity index is 1050.